The van der Waals surface area contributed by atoms with Crippen molar-refractivity contribution in [1.29, 1.82) is 0 Å². The second-order valence-electron chi connectivity index (χ2n) is 4.37. The van der Waals surface area contributed by atoms with Crippen LogP contribution in [0.4, 0.5) is 4.39 Å². The molecule has 2 rings (SSSR count). The summed E-state index contributed by atoms with van der Waals surface area (Å²) in [5.41, 5.74) is 2.28. The summed E-state index contributed by atoms with van der Waals surface area (Å²) in [6.45, 7) is 1.89. The van der Waals surface area contributed by atoms with Gasteiger partial charge in [0.2, 0.25) is 0 Å². The van der Waals surface area contributed by atoms with Crippen LogP contribution < -0.4 is 0 Å². The Kier molecular flexibility index (Phi) is 4.38. The van der Waals surface area contributed by atoms with E-state index in [1.807, 2.05) is 6.92 Å². The molecule has 0 radical (unpaired) electrons. The molecular formula is C15H11BrClFO. The minimum atomic E-state index is -0.338. The van der Waals surface area contributed by atoms with E-state index in [1.165, 1.54) is 6.07 Å². The predicted octanol–water partition coefficient (Wildman–Crippen LogP) is 4.98. The lowest BCUT2D eigenvalue weighted by Gasteiger charge is -2.05. The number of rotatable bonds is 3. The maximum absolute atomic E-state index is 13.1. The Labute approximate surface area is 124 Å². The lowest BCUT2D eigenvalue weighted by molar-refractivity contribution is 0.0993. The van der Waals surface area contributed by atoms with Crippen LogP contribution in [0.3, 0.4) is 0 Å². The molecule has 0 aromatic heterocycles. The second-order valence-corrected chi connectivity index (χ2v) is 5.66. The summed E-state index contributed by atoms with van der Waals surface area (Å²) in [5.74, 6) is -0.376. The average molecular weight is 342 g/mol. The molecule has 0 saturated carbocycles. The molecule has 0 fully saturated rings. The maximum atomic E-state index is 13.1. The summed E-state index contributed by atoms with van der Waals surface area (Å²) in [5, 5.41) is 0.545. The number of aryl methyl sites for hydroxylation is 1. The van der Waals surface area contributed by atoms with Crippen LogP contribution in [-0.2, 0) is 6.42 Å². The standard InChI is InChI=1S/C15H11BrClFO/c1-9-4-11(8-12(17)5-9)15(19)7-10-2-3-14(18)13(16)6-10/h2-6,8H,7H2,1H3. The van der Waals surface area contributed by atoms with Crippen LogP contribution in [0.15, 0.2) is 40.9 Å². The number of Topliss-reactive ketones (excluding diaryl/α,β-unsaturated/α-hetero) is 1. The summed E-state index contributed by atoms with van der Waals surface area (Å²) in [6.07, 6.45) is 0.221. The third-order valence-corrected chi connectivity index (χ3v) is 3.54. The van der Waals surface area contributed by atoms with Crippen LogP contribution in [0.5, 0.6) is 0 Å². The molecule has 2 aromatic rings. The molecule has 0 amide bonds. The monoisotopic (exact) mass is 340 g/mol. The molecule has 0 aliphatic carbocycles. The van der Waals surface area contributed by atoms with E-state index in [0.29, 0.717) is 15.1 Å². The Bertz CT molecular complexity index is 620. The Morgan fingerprint density at radius 2 is 2.00 bits per heavy atom. The fourth-order valence-corrected chi connectivity index (χ4v) is 2.55. The first-order chi connectivity index (χ1) is 8.95. The van der Waals surface area contributed by atoms with Gasteiger partial charge in [-0.3, -0.25) is 4.79 Å². The fraction of sp³-hybridized carbons (Fsp3) is 0.133. The summed E-state index contributed by atoms with van der Waals surface area (Å²) >= 11 is 9.04. The van der Waals surface area contributed by atoms with Crippen LogP contribution in [0.25, 0.3) is 0 Å². The lowest BCUT2D eigenvalue weighted by Crippen LogP contribution is -2.04. The van der Waals surface area contributed by atoms with Gasteiger partial charge >= 0.3 is 0 Å². The van der Waals surface area contributed by atoms with Crippen LogP contribution in [0.1, 0.15) is 21.5 Å². The van der Waals surface area contributed by atoms with Crippen LogP contribution >= 0.6 is 27.5 Å². The molecule has 0 spiro atoms. The zero-order valence-corrected chi connectivity index (χ0v) is 12.6. The van der Waals surface area contributed by atoms with Gasteiger partial charge in [0.15, 0.2) is 5.78 Å². The molecule has 0 heterocycles. The summed E-state index contributed by atoms with van der Waals surface area (Å²) in [4.78, 5) is 12.1. The molecule has 1 nitrogen and oxygen atoms in total. The van der Waals surface area contributed by atoms with Gasteiger partial charge in [-0.15, -0.1) is 0 Å². The van der Waals surface area contributed by atoms with E-state index in [4.69, 9.17) is 11.6 Å². The molecule has 0 bridgehead atoms. The van der Waals surface area contributed by atoms with Gasteiger partial charge in [0, 0.05) is 17.0 Å². The molecule has 0 saturated heterocycles. The first-order valence-corrected chi connectivity index (χ1v) is 6.87. The third kappa shape index (κ3) is 3.64. The van der Waals surface area contributed by atoms with Crippen molar-refractivity contribution in [2.24, 2.45) is 0 Å². The molecule has 0 unspecified atom stereocenters. The Hall–Kier alpha value is -1.19. The Morgan fingerprint density at radius 3 is 2.63 bits per heavy atom. The largest absolute Gasteiger partial charge is 0.294 e. The molecule has 4 heteroatoms. The number of carbonyl (C=O) groups excluding carboxylic acids is 1. The van der Waals surface area contributed by atoms with Gasteiger partial charge in [0.1, 0.15) is 5.82 Å². The summed E-state index contributed by atoms with van der Waals surface area (Å²) in [6, 6.07) is 9.81. The predicted molar refractivity (Wildman–Crippen MR) is 78.3 cm³/mol. The van der Waals surface area contributed by atoms with Crippen molar-refractivity contribution >= 4 is 33.3 Å². The summed E-state index contributed by atoms with van der Waals surface area (Å²) in [7, 11) is 0. The van der Waals surface area contributed by atoms with Gasteiger partial charge in [0.25, 0.3) is 0 Å². The van der Waals surface area contributed by atoms with Crippen LogP contribution in [0, 0.1) is 12.7 Å². The number of carbonyl (C=O) groups is 1. The number of ketones is 1. The van der Waals surface area contributed by atoms with Crippen molar-refractivity contribution in [3.8, 4) is 0 Å². The maximum Gasteiger partial charge on any atom is 0.167 e. The van der Waals surface area contributed by atoms with Crippen molar-refractivity contribution in [2.75, 3.05) is 0 Å². The number of benzene rings is 2. The highest BCUT2D eigenvalue weighted by atomic mass is 79.9. The van der Waals surface area contributed by atoms with E-state index < -0.39 is 0 Å². The van der Waals surface area contributed by atoms with Crippen LogP contribution in [-0.4, -0.2) is 5.78 Å². The smallest absolute Gasteiger partial charge is 0.167 e. The Balaban J connectivity index is 2.22. The molecule has 19 heavy (non-hydrogen) atoms. The Morgan fingerprint density at radius 1 is 1.26 bits per heavy atom. The van der Waals surface area contributed by atoms with Crippen molar-refractivity contribution in [3.63, 3.8) is 0 Å². The van der Waals surface area contributed by atoms with E-state index >= 15 is 0 Å². The van der Waals surface area contributed by atoms with Crippen molar-refractivity contribution in [2.45, 2.75) is 13.3 Å². The fourth-order valence-electron chi connectivity index (χ4n) is 1.83. The number of halogens is 3. The molecule has 2 aromatic carbocycles. The van der Waals surface area contributed by atoms with Gasteiger partial charge < -0.3 is 0 Å². The number of hydrogen-bond donors (Lipinski definition) is 0. The van der Waals surface area contributed by atoms with Gasteiger partial charge in [-0.05, 0) is 64.3 Å². The minimum Gasteiger partial charge on any atom is -0.294 e. The molecule has 0 N–H and O–H groups in total. The zero-order valence-electron chi connectivity index (χ0n) is 10.2. The average Bonchev–Trinajstić information content (AvgIpc) is 2.32. The number of hydrogen-bond acceptors (Lipinski definition) is 1. The lowest BCUT2D eigenvalue weighted by atomic mass is 10.0. The van der Waals surface area contributed by atoms with Gasteiger partial charge in [-0.2, -0.15) is 0 Å². The van der Waals surface area contributed by atoms with Gasteiger partial charge in [-0.1, -0.05) is 17.7 Å². The quantitative estimate of drug-likeness (QED) is 0.720. The third-order valence-electron chi connectivity index (χ3n) is 2.71. The van der Waals surface area contributed by atoms with Crippen molar-refractivity contribution in [3.05, 3.63) is 68.4 Å². The van der Waals surface area contributed by atoms with Crippen LogP contribution in [0.2, 0.25) is 5.02 Å². The highest BCUT2D eigenvalue weighted by Gasteiger charge is 2.10. The summed E-state index contributed by atoms with van der Waals surface area (Å²) < 4.78 is 13.5. The molecule has 0 atom stereocenters. The SMILES string of the molecule is Cc1cc(Cl)cc(C(=O)Cc2ccc(F)c(Br)c2)c1. The van der Waals surface area contributed by atoms with Crippen molar-refractivity contribution in [1.82, 2.24) is 0 Å². The van der Waals surface area contributed by atoms with Crippen molar-refractivity contribution < 1.29 is 9.18 Å². The molecule has 0 aliphatic heterocycles. The molecule has 0 aliphatic rings. The second kappa shape index (κ2) is 5.85. The van der Waals surface area contributed by atoms with Gasteiger partial charge in [-0.25, -0.2) is 4.39 Å². The topological polar surface area (TPSA) is 17.1 Å². The highest BCUT2D eigenvalue weighted by molar-refractivity contribution is 9.10. The van der Waals surface area contributed by atoms with E-state index in [2.05, 4.69) is 15.9 Å². The minimum absolute atomic E-state index is 0.0379. The molecule has 98 valence electrons. The van der Waals surface area contributed by atoms with E-state index in [-0.39, 0.29) is 18.0 Å². The van der Waals surface area contributed by atoms with E-state index in [1.54, 1.807) is 30.3 Å². The first-order valence-electron chi connectivity index (χ1n) is 5.70. The normalized spacial score (nSPS) is 10.5. The molecular weight excluding hydrogens is 331 g/mol. The van der Waals surface area contributed by atoms with E-state index in [9.17, 15) is 9.18 Å². The zero-order chi connectivity index (χ0) is 14.0. The highest BCUT2D eigenvalue weighted by Crippen LogP contribution is 2.20. The van der Waals surface area contributed by atoms with Gasteiger partial charge in [0.05, 0.1) is 4.47 Å². The van der Waals surface area contributed by atoms with E-state index in [0.717, 1.165) is 11.1 Å². The first kappa shape index (κ1) is 14.2.